The number of sulfone groups is 1. The van der Waals surface area contributed by atoms with E-state index in [9.17, 15) is 8.42 Å². The Balaban J connectivity index is 2.62. The number of halogens is 2. The molecule has 1 aliphatic rings. The van der Waals surface area contributed by atoms with Gasteiger partial charge in [-0.05, 0) is 25.2 Å². The number of ether oxygens (including phenoxy) is 1. The van der Waals surface area contributed by atoms with Gasteiger partial charge in [-0.3, -0.25) is 0 Å². The molecule has 1 rings (SSSR count). The van der Waals surface area contributed by atoms with Crippen molar-refractivity contribution in [1.82, 2.24) is 0 Å². The van der Waals surface area contributed by atoms with Crippen LogP contribution in [0.15, 0.2) is 0 Å². The van der Waals surface area contributed by atoms with Gasteiger partial charge in [0.2, 0.25) is 0 Å². The van der Waals surface area contributed by atoms with Gasteiger partial charge in [0.15, 0.2) is 9.84 Å². The Morgan fingerprint density at radius 3 is 2.39 bits per heavy atom. The van der Waals surface area contributed by atoms with Crippen LogP contribution in [0.5, 0.6) is 0 Å². The minimum absolute atomic E-state index is 0.111. The van der Waals surface area contributed by atoms with E-state index in [-0.39, 0.29) is 22.8 Å². The molecule has 1 aliphatic heterocycles. The first-order chi connectivity index (χ1) is 8.49. The molecule has 1 fully saturated rings. The van der Waals surface area contributed by atoms with Gasteiger partial charge in [0.05, 0.1) is 11.5 Å². The van der Waals surface area contributed by atoms with Crippen LogP contribution < -0.4 is 0 Å². The normalized spacial score (nSPS) is 23.4. The molecule has 6 heteroatoms. The number of rotatable bonds is 8. The van der Waals surface area contributed by atoms with Crippen molar-refractivity contribution in [3.8, 4) is 0 Å². The van der Waals surface area contributed by atoms with Crippen LogP contribution in [0.1, 0.15) is 25.7 Å². The zero-order valence-corrected chi connectivity index (χ0v) is 13.2. The highest BCUT2D eigenvalue weighted by Crippen LogP contribution is 2.42. The van der Waals surface area contributed by atoms with Crippen LogP contribution in [0.3, 0.4) is 0 Å². The van der Waals surface area contributed by atoms with Crippen molar-refractivity contribution in [2.45, 2.75) is 25.7 Å². The van der Waals surface area contributed by atoms with E-state index in [1.165, 1.54) is 0 Å². The van der Waals surface area contributed by atoms with Gasteiger partial charge < -0.3 is 4.74 Å². The number of hydrogen-bond donors (Lipinski definition) is 0. The first kappa shape index (κ1) is 16.5. The summed E-state index contributed by atoms with van der Waals surface area (Å²) < 4.78 is 28.2. The van der Waals surface area contributed by atoms with Crippen LogP contribution in [0.25, 0.3) is 0 Å². The van der Waals surface area contributed by atoms with Crippen molar-refractivity contribution >= 4 is 33.0 Å². The zero-order valence-electron chi connectivity index (χ0n) is 10.8. The Hall–Kier alpha value is 0.490. The van der Waals surface area contributed by atoms with Gasteiger partial charge in [0.25, 0.3) is 0 Å². The summed E-state index contributed by atoms with van der Waals surface area (Å²) in [6, 6.07) is 0. The van der Waals surface area contributed by atoms with Gasteiger partial charge >= 0.3 is 0 Å². The van der Waals surface area contributed by atoms with E-state index in [1.807, 2.05) is 0 Å². The smallest absolute Gasteiger partial charge is 0.150 e. The van der Waals surface area contributed by atoms with Crippen LogP contribution in [0.2, 0.25) is 0 Å². The van der Waals surface area contributed by atoms with Crippen molar-refractivity contribution in [3.05, 3.63) is 0 Å². The third-order valence-electron chi connectivity index (χ3n) is 3.90. The molecule has 1 unspecified atom stereocenters. The fourth-order valence-corrected chi connectivity index (χ4v) is 5.53. The van der Waals surface area contributed by atoms with Crippen molar-refractivity contribution in [2.75, 3.05) is 37.0 Å². The van der Waals surface area contributed by atoms with E-state index >= 15 is 0 Å². The molecule has 0 aromatic carbocycles. The molecular formula is C12H22Cl2O3S. The van der Waals surface area contributed by atoms with E-state index in [0.29, 0.717) is 18.2 Å². The number of methoxy groups -OCH3 is 1. The molecular weight excluding hydrogens is 295 g/mol. The van der Waals surface area contributed by atoms with Crippen LogP contribution >= 0.6 is 23.2 Å². The van der Waals surface area contributed by atoms with Crippen LogP contribution in [-0.2, 0) is 14.6 Å². The first-order valence-corrected chi connectivity index (χ1v) is 9.20. The summed E-state index contributed by atoms with van der Waals surface area (Å²) in [4.78, 5) is 0. The molecule has 108 valence electrons. The summed E-state index contributed by atoms with van der Waals surface area (Å²) in [7, 11) is -1.20. The number of unbranched alkanes of at least 4 members (excludes halogenated alkanes) is 1. The average Bonchev–Trinajstić information content (AvgIpc) is 2.71. The minimum Gasteiger partial charge on any atom is -0.385 e. The second kappa shape index (κ2) is 7.32. The van der Waals surface area contributed by atoms with E-state index in [1.54, 1.807) is 7.11 Å². The van der Waals surface area contributed by atoms with Crippen molar-refractivity contribution < 1.29 is 13.2 Å². The Labute approximate surface area is 120 Å². The predicted molar refractivity (Wildman–Crippen MR) is 76.4 cm³/mol. The fourth-order valence-electron chi connectivity index (χ4n) is 2.59. The van der Waals surface area contributed by atoms with Gasteiger partial charge in [-0.1, -0.05) is 6.42 Å². The lowest BCUT2D eigenvalue weighted by atomic mass is 9.74. The lowest BCUT2D eigenvalue weighted by Gasteiger charge is -2.35. The van der Waals surface area contributed by atoms with Gasteiger partial charge in [-0.25, -0.2) is 8.42 Å². The summed E-state index contributed by atoms with van der Waals surface area (Å²) in [5, 5.41) is 0. The number of hydrogen-bond acceptors (Lipinski definition) is 3. The maximum atomic E-state index is 11.6. The molecule has 0 aliphatic carbocycles. The second-order valence-corrected chi connectivity index (χ2v) is 7.94. The van der Waals surface area contributed by atoms with Gasteiger partial charge in [0, 0.05) is 30.9 Å². The quantitative estimate of drug-likeness (QED) is 0.511. The highest BCUT2D eigenvalue weighted by Gasteiger charge is 2.43. The molecule has 0 saturated carbocycles. The summed E-state index contributed by atoms with van der Waals surface area (Å²) in [6.45, 7) is 0.726. The molecule has 0 amide bonds. The molecule has 18 heavy (non-hydrogen) atoms. The molecule has 0 aromatic heterocycles. The lowest BCUT2D eigenvalue weighted by molar-refractivity contribution is 0.174. The van der Waals surface area contributed by atoms with Gasteiger partial charge in [-0.2, -0.15) is 0 Å². The standard InChI is InChI=1S/C12H22Cl2O3S/c1-17-6-3-2-5-12(9-13,10-14)11-4-7-18(15,16)8-11/h11H,2-10H2,1H3. The predicted octanol–water partition coefficient (Wildman–Crippen LogP) is 2.70. The minimum atomic E-state index is -2.88. The van der Waals surface area contributed by atoms with Gasteiger partial charge in [0.1, 0.15) is 0 Å². The topological polar surface area (TPSA) is 43.4 Å². The first-order valence-electron chi connectivity index (χ1n) is 6.31. The summed E-state index contributed by atoms with van der Waals surface area (Å²) >= 11 is 12.2. The van der Waals surface area contributed by atoms with Gasteiger partial charge in [-0.15, -0.1) is 23.2 Å². The second-order valence-electron chi connectivity index (χ2n) is 5.18. The molecule has 0 bridgehead atoms. The maximum Gasteiger partial charge on any atom is 0.150 e. The maximum absolute atomic E-state index is 11.6. The van der Waals surface area contributed by atoms with Crippen LogP contribution in [0, 0.1) is 11.3 Å². The fraction of sp³-hybridized carbons (Fsp3) is 1.00. The molecule has 1 saturated heterocycles. The molecule has 3 nitrogen and oxygen atoms in total. The van der Waals surface area contributed by atoms with Crippen LogP contribution in [-0.4, -0.2) is 45.4 Å². The Kier molecular flexibility index (Phi) is 6.73. The van der Waals surface area contributed by atoms with Crippen LogP contribution in [0.4, 0.5) is 0 Å². The lowest BCUT2D eigenvalue weighted by Crippen LogP contribution is -2.35. The highest BCUT2D eigenvalue weighted by atomic mass is 35.5. The Morgan fingerprint density at radius 1 is 1.28 bits per heavy atom. The summed E-state index contributed by atoms with van der Waals surface area (Å²) in [5.74, 6) is 1.51. The Morgan fingerprint density at radius 2 is 1.94 bits per heavy atom. The molecule has 0 N–H and O–H groups in total. The monoisotopic (exact) mass is 316 g/mol. The van der Waals surface area contributed by atoms with E-state index in [2.05, 4.69) is 0 Å². The zero-order chi connectivity index (χ0) is 13.6. The summed E-state index contributed by atoms with van der Waals surface area (Å²) in [5.41, 5.74) is -0.236. The van der Waals surface area contributed by atoms with E-state index in [4.69, 9.17) is 27.9 Å². The largest absolute Gasteiger partial charge is 0.385 e. The van der Waals surface area contributed by atoms with E-state index < -0.39 is 9.84 Å². The molecule has 0 spiro atoms. The average molecular weight is 317 g/mol. The Bertz CT molecular complexity index is 339. The van der Waals surface area contributed by atoms with Crippen molar-refractivity contribution in [1.29, 1.82) is 0 Å². The number of alkyl halides is 2. The van der Waals surface area contributed by atoms with Crippen molar-refractivity contribution in [3.63, 3.8) is 0 Å². The third-order valence-corrected chi connectivity index (χ3v) is 6.74. The third kappa shape index (κ3) is 4.26. The molecule has 0 radical (unpaired) electrons. The molecule has 1 heterocycles. The summed E-state index contributed by atoms with van der Waals surface area (Å²) in [6.07, 6.45) is 3.52. The SMILES string of the molecule is COCCCCC(CCl)(CCl)C1CCS(=O)(=O)C1. The highest BCUT2D eigenvalue weighted by molar-refractivity contribution is 7.91. The molecule has 0 aromatic rings. The van der Waals surface area contributed by atoms with E-state index in [0.717, 1.165) is 25.9 Å². The van der Waals surface area contributed by atoms with Crippen molar-refractivity contribution in [2.24, 2.45) is 11.3 Å². The molecule has 1 atom stereocenters.